The Labute approximate surface area is 333 Å². The van der Waals surface area contributed by atoms with Gasteiger partial charge in [0, 0.05) is 42.1 Å². The number of nitrogens with zero attached hydrogens (tertiary/aromatic N) is 2. The zero-order valence-electron chi connectivity index (χ0n) is 31.6. The highest BCUT2D eigenvalue weighted by molar-refractivity contribution is 7.94. The maximum Gasteiger partial charge on any atom is 0.252 e. The molecule has 57 heavy (non-hydrogen) atoms. The zero-order valence-corrected chi connectivity index (χ0v) is 32.4. The lowest BCUT2D eigenvalue weighted by atomic mass is 9.81. The molecule has 1 aromatic heterocycles. The van der Waals surface area contributed by atoms with E-state index in [1.54, 1.807) is 66.1 Å². The quantitative estimate of drug-likeness (QED) is 0.0244. The van der Waals surface area contributed by atoms with Gasteiger partial charge in [-0.15, -0.1) is 4.33 Å². The minimum atomic E-state index is -1.06. The van der Waals surface area contributed by atoms with Crippen LogP contribution in [0.1, 0.15) is 61.0 Å². The number of hydroxylamine groups is 1. The summed E-state index contributed by atoms with van der Waals surface area (Å²) >= 11 is 0.805. The highest BCUT2D eigenvalue weighted by Gasteiger charge is 2.36. The summed E-state index contributed by atoms with van der Waals surface area (Å²) in [5.41, 5.74) is 6.20. The number of hydrogen-bond acceptors (Lipinski definition) is 14. The van der Waals surface area contributed by atoms with Crippen molar-refractivity contribution < 1.29 is 48.5 Å². The van der Waals surface area contributed by atoms with Gasteiger partial charge in [-0.1, -0.05) is 49.2 Å². The second kappa shape index (κ2) is 23.5. The molecular weight excluding hydrogens is 761 g/mol. The summed E-state index contributed by atoms with van der Waals surface area (Å²) < 4.78 is 10.3. The Balaban J connectivity index is 1.23. The third-order valence-corrected chi connectivity index (χ3v) is 9.47. The van der Waals surface area contributed by atoms with E-state index in [0.717, 1.165) is 17.6 Å². The molecule has 0 unspecified atom stereocenters. The van der Waals surface area contributed by atoms with E-state index >= 15 is 0 Å². The molecule has 3 aromatic rings. The topological polar surface area (TPSA) is 251 Å². The molecular formula is C38H48N8O10S. The normalized spacial score (nSPS) is 17.2. The van der Waals surface area contributed by atoms with E-state index in [1.807, 2.05) is 13.8 Å². The van der Waals surface area contributed by atoms with Crippen LogP contribution in [0.4, 0.5) is 5.82 Å². The third kappa shape index (κ3) is 14.8. The third-order valence-electron chi connectivity index (χ3n) is 8.79. The highest BCUT2D eigenvalue weighted by Crippen LogP contribution is 2.27. The van der Waals surface area contributed by atoms with Crippen LogP contribution < -0.4 is 36.9 Å². The van der Waals surface area contributed by atoms with Crippen molar-refractivity contribution in [3.8, 4) is 5.75 Å². The van der Waals surface area contributed by atoms with Crippen molar-refractivity contribution in [1.29, 1.82) is 0 Å². The number of anilines is 1. The predicted molar refractivity (Wildman–Crippen MR) is 209 cm³/mol. The van der Waals surface area contributed by atoms with Gasteiger partial charge in [-0.05, 0) is 67.5 Å². The molecule has 0 spiro atoms. The summed E-state index contributed by atoms with van der Waals surface area (Å²) in [4.78, 5) is 69.9. The van der Waals surface area contributed by atoms with Gasteiger partial charge in [-0.2, -0.15) is 5.10 Å². The molecule has 0 aliphatic carbocycles. The van der Waals surface area contributed by atoms with E-state index in [-0.39, 0.29) is 44.3 Å². The van der Waals surface area contributed by atoms with Crippen LogP contribution in [0.15, 0.2) is 76.9 Å². The van der Waals surface area contributed by atoms with E-state index in [0.29, 0.717) is 53.5 Å². The largest absolute Gasteiger partial charge is 0.494 e. The van der Waals surface area contributed by atoms with Crippen molar-refractivity contribution >= 4 is 53.6 Å². The van der Waals surface area contributed by atoms with Gasteiger partial charge in [0.2, 0.25) is 23.6 Å². The van der Waals surface area contributed by atoms with E-state index in [9.17, 15) is 29.2 Å². The maximum absolute atomic E-state index is 13.7. The molecule has 2 bridgehead atoms. The molecule has 5 rings (SSSR count). The van der Waals surface area contributed by atoms with Crippen molar-refractivity contribution in [3.05, 3.63) is 83.6 Å². The Morgan fingerprint density at radius 2 is 1.81 bits per heavy atom. The molecule has 2 aromatic carbocycles. The second-order valence-electron chi connectivity index (χ2n) is 13.5. The number of aromatic nitrogens is 1. The number of pyridine rings is 1. The van der Waals surface area contributed by atoms with E-state index in [2.05, 4.69) is 46.2 Å². The smallest absolute Gasteiger partial charge is 0.252 e. The van der Waals surface area contributed by atoms with Crippen LogP contribution in [0.25, 0.3) is 0 Å². The summed E-state index contributed by atoms with van der Waals surface area (Å²) in [5, 5.41) is 36.5. The lowest BCUT2D eigenvalue weighted by Gasteiger charge is -2.28. The Hall–Kier alpha value is -5.60. The molecule has 3 heterocycles. The van der Waals surface area contributed by atoms with Gasteiger partial charge in [0.1, 0.15) is 17.6 Å². The second-order valence-corrected chi connectivity index (χ2v) is 14.2. The number of hydrazone groups is 1. The standard InChI is InChI=1S/C38H48N8O10S/c1-24(2)19-30-29(37(50)46-52)8-5-18-54-28-13-10-25(11-14-28)20-31(44-36(30)49)38(51)42-23-34(47)39-16-6-17-40-35(48)27-12-15-33(41-21-27)45-43-22-26-7-3-4-9-32(26)57-56-55-53/h3-4,7,9-15,21-22,24,29-31,52-53H,5-6,8,16-20,23H2,1-2H3,(H,39,47)(H,40,48)(H,41,45)(H,42,51)(H,44,49)(H,46,50)/b43-22+/t29-,30+,31-/m0/s1. The summed E-state index contributed by atoms with van der Waals surface area (Å²) in [6.07, 6.45) is 4.49. The summed E-state index contributed by atoms with van der Waals surface area (Å²) in [6.45, 7) is 4.26. The van der Waals surface area contributed by atoms with Crippen LogP contribution in [-0.4, -0.2) is 83.5 Å². The van der Waals surface area contributed by atoms with Crippen LogP contribution in [-0.2, 0) is 35.0 Å². The van der Waals surface area contributed by atoms with Crippen LogP contribution in [0.3, 0.4) is 0 Å². The number of benzene rings is 2. The molecule has 2 aliphatic rings. The molecule has 19 heteroatoms. The maximum atomic E-state index is 13.7. The lowest BCUT2D eigenvalue weighted by Crippen LogP contribution is -2.53. The van der Waals surface area contributed by atoms with Crippen LogP contribution in [0, 0.1) is 17.8 Å². The van der Waals surface area contributed by atoms with Gasteiger partial charge < -0.3 is 26.0 Å². The average molecular weight is 809 g/mol. The average Bonchev–Trinajstić information content (AvgIpc) is 3.21. The fraction of sp³-hybridized carbons (Fsp3) is 0.395. The molecule has 3 atom stereocenters. The Morgan fingerprint density at radius 3 is 2.53 bits per heavy atom. The van der Waals surface area contributed by atoms with Crippen molar-refractivity contribution in [2.75, 3.05) is 31.7 Å². The van der Waals surface area contributed by atoms with Gasteiger partial charge in [0.05, 0.1) is 42.9 Å². The Bertz CT molecular complexity index is 1810. The SMILES string of the molecule is CC(C)C[C@H]1C(=O)N[C@H](C(=O)NCC(=O)NCCCNC(=O)c2ccc(N/N=C/c3ccccc3SOOO)nc2)Cc2ccc(cc2)OCCC[C@@H]1C(=O)NO. The van der Waals surface area contributed by atoms with Crippen LogP contribution >= 0.6 is 12.0 Å². The number of rotatable bonds is 17. The first-order valence-corrected chi connectivity index (χ1v) is 19.1. The van der Waals surface area contributed by atoms with E-state index in [4.69, 9.17) is 9.99 Å². The molecule has 0 radical (unpaired) electrons. The van der Waals surface area contributed by atoms with Crippen molar-refractivity contribution in [1.82, 2.24) is 31.7 Å². The number of carbonyl (C=O) groups excluding carboxylic acids is 5. The molecule has 5 amide bonds. The first-order chi connectivity index (χ1) is 27.6. The fourth-order valence-corrected chi connectivity index (χ4v) is 6.40. The zero-order chi connectivity index (χ0) is 41.0. The molecule has 0 fully saturated rings. The number of fused-ring (bicyclic) bond motifs is 11. The number of hydrogen-bond donors (Lipinski definition) is 8. The summed E-state index contributed by atoms with van der Waals surface area (Å²) in [5.74, 6) is -3.26. The fourth-order valence-electron chi connectivity index (χ4n) is 5.95. The van der Waals surface area contributed by atoms with Gasteiger partial charge in [-0.25, -0.2) is 15.7 Å². The van der Waals surface area contributed by atoms with Gasteiger partial charge in [-0.3, -0.25) is 34.6 Å². The predicted octanol–water partition coefficient (Wildman–Crippen LogP) is 2.99. The number of nitrogens with one attached hydrogen (secondary N) is 6. The minimum absolute atomic E-state index is 0.0332. The van der Waals surface area contributed by atoms with Gasteiger partial charge >= 0.3 is 0 Å². The molecule has 306 valence electrons. The monoisotopic (exact) mass is 808 g/mol. The first kappa shape index (κ1) is 44.1. The van der Waals surface area contributed by atoms with E-state index < -0.39 is 41.5 Å². The first-order valence-electron chi connectivity index (χ1n) is 18.4. The molecule has 8 N–H and O–H groups in total. The Morgan fingerprint density at radius 1 is 1.04 bits per heavy atom. The van der Waals surface area contributed by atoms with Crippen molar-refractivity contribution in [2.24, 2.45) is 22.9 Å². The molecule has 0 saturated carbocycles. The van der Waals surface area contributed by atoms with E-state index in [1.165, 1.54) is 12.4 Å². The number of ether oxygens (including phenoxy) is 1. The number of carbonyl (C=O) groups is 5. The molecule has 0 saturated heterocycles. The lowest BCUT2D eigenvalue weighted by molar-refractivity contribution is -0.432. The Kier molecular flexibility index (Phi) is 18.2. The molecule has 18 nitrogen and oxygen atoms in total. The number of amides is 5. The van der Waals surface area contributed by atoms with Crippen molar-refractivity contribution in [3.63, 3.8) is 0 Å². The summed E-state index contributed by atoms with van der Waals surface area (Å²) in [6, 6.07) is 16.3. The van der Waals surface area contributed by atoms with Gasteiger partial charge in [0.25, 0.3) is 5.91 Å². The van der Waals surface area contributed by atoms with Crippen LogP contribution in [0.5, 0.6) is 5.75 Å². The van der Waals surface area contributed by atoms with Crippen LogP contribution in [0.2, 0.25) is 0 Å². The van der Waals surface area contributed by atoms with Gasteiger partial charge in [0.15, 0.2) is 0 Å². The van der Waals surface area contributed by atoms with Crippen molar-refractivity contribution in [2.45, 2.75) is 56.9 Å². The highest BCUT2D eigenvalue weighted by atomic mass is 32.2. The minimum Gasteiger partial charge on any atom is -0.494 e. The molecule has 2 aliphatic heterocycles. The summed E-state index contributed by atoms with van der Waals surface area (Å²) in [7, 11) is 0.